The van der Waals surface area contributed by atoms with Crippen LogP contribution < -0.4 is 5.32 Å². The number of urea groups is 1. The number of Topliss-reactive ketones (excluding diaryl/α,β-unsaturated/α-hetero) is 1. The van der Waals surface area contributed by atoms with Crippen molar-refractivity contribution in [1.82, 2.24) is 10.2 Å². The molecule has 0 saturated carbocycles. The van der Waals surface area contributed by atoms with Gasteiger partial charge in [0.25, 0.3) is 6.47 Å². The first kappa shape index (κ1) is 21.5. The normalized spacial score (nSPS) is 11.5. The molecule has 0 aromatic heterocycles. The van der Waals surface area contributed by atoms with Crippen LogP contribution >= 0.6 is 0 Å². The molecule has 0 spiro atoms. The number of carbonyl (C=O) groups excluding carboxylic acids is 3. The van der Waals surface area contributed by atoms with Crippen LogP contribution in [0, 0.1) is 11.6 Å². The number of carbonyl (C=O) groups is 3. The lowest BCUT2D eigenvalue weighted by Gasteiger charge is -2.27. The Bertz CT molecular complexity index is 625. The number of likely N-dealkylation sites (N-methyl/N-ethyl adjacent to an activating group) is 1. The number of ketones is 1. The molecule has 2 amide bonds. The number of amides is 2. The molecule has 1 aromatic carbocycles. The molecule has 0 bridgehead atoms. The summed E-state index contributed by atoms with van der Waals surface area (Å²) < 4.78 is 31.6. The standard InChI is InChI=1S/C18H24F2N2O4/c1-3-15(24)8-5-7-14(11-26-12-23)22(2)18(25)21-10-13-6-4-9-16(19)17(13)20/h4,6,9,12,14H,3,5,7-8,10-11H2,1-2H3,(H,21,25). The van der Waals surface area contributed by atoms with E-state index in [1.54, 1.807) is 6.92 Å². The van der Waals surface area contributed by atoms with E-state index < -0.39 is 23.7 Å². The molecule has 0 aliphatic heterocycles. The quantitative estimate of drug-likeness (QED) is 0.608. The van der Waals surface area contributed by atoms with Crippen LogP contribution in [0.15, 0.2) is 18.2 Å². The van der Waals surface area contributed by atoms with E-state index in [4.69, 9.17) is 4.74 Å². The Labute approximate surface area is 151 Å². The summed E-state index contributed by atoms with van der Waals surface area (Å²) in [7, 11) is 1.51. The third-order valence-corrected chi connectivity index (χ3v) is 4.07. The first-order valence-corrected chi connectivity index (χ1v) is 8.41. The summed E-state index contributed by atoms with van der Waals surface area (Å²) in [6.45, 7) is 1.88. The molecule has 1 aromatic rings. The second-order valence-electron chi connectivity index (χ2n) is 5.85. The van der Waals surface area contributed by atoms with Crippen LogP contribution in [0.4, 0.5) is 13.6 Å². The fourth-order valence-electron chi connectivity index (χ4n) is 2.40. The van der Waals surface area contributed by atoms with Crippen LogP contribution in [-0.2, 0) is 20.9 Å². The summed E-state index contributed by atoms with van der Waals surface area (Å²) in [5.41, 5.74) is 0.0287. The fraction of sp³-hybridized carbons (Fsp3) is 0.500. The summed E-state index contributed by atoms with van der Waals surface area (Å²) >= 11 is 0. The predicted octanol–water partition coefficient (Wildman–Crippen LogP) is 2.80. The maximum atomic E-state index is 13.6. The van der Waals surface area contributed by atoms with Gasteiger partial charge in [-0.3, -0.25) is 9.59 Å². The van der Waals surface area contributed by atoms with E-state index in [0.29, 0.717) is 25.7 Å². The van der Waals surface area contributed by atoms with E-state index in [1.165, 1.54) is 24.1 Å². The van der Waals surface area contributed by atoms with Crippen LogP contribution in [0.3, 0.4) is 0 Å². The monoisotopic (exact) mass is 370 g/mol. The van der Waals surface area contributed by atoms with Crippen molar-refractivity contribution < 1.29 is 27.9 Å². The zero-order valence-electron chi connectivity index (χ0n) is 15.0. The molecule has 1 N–H and O–H groups in total. The molecular formula is C18H24F2N2O4. The molecule has 0 aliphatic rings. The minimum absolute atomic E-state index is 0.0118. The minimum Gasteiger partial charge on any atom is -0.466 e. The zero-order chi connectivity index (χ0) is 19.5. The molecular weight excluding hydrogens is 346 g/mol. The van der Waals surface area contributed by atoms with Gasteiger partial charge in [-0.1, -0.05) is 19.1 Å². The average Bonchev–Trinajstić information content (AvgIpc) is 2.64. The minimum atomic E-state index is -1.01. The Kier molecular flexibility index (Phi) is 9.25. The number of hydrogen-bond acceptors (Lipinski definition) is 4. The lowest BCUT2D eigenvalue weighted by Crippen LogP contribution is -2.45. The smallest absolute Gasteiger partial charge is 0.317 e. The lowest BCUT2D eigenvalue weighted by molar-refractivity contribution is -0.130. The number of nitrogens with zero attached hydrogens (tertiary/aromatic N) is 1. The SMILES string of the molecule is CCC(=O)CCCC(COC=O)N(C)C(=O)NCc1cccc(F)c1F. The largest absolute Gasteiger partial charge is 0.466 e. The van der Waals surface area contributed by atoms with Crippen molar-refractivity contribution in [3.05, 3.63) is 35.4 Å². The van der Waals surface area contributed by atoms with Crippen molar-refractivity contribution in [2.45, 2.75) is 45.2 Å². The van der Waals surface area contributed by atoms with Crippen molar-refractivity contribution >= 4 is 18.3 Å². The maximum Gasteiger partial charge on any atom is 0.317 e. The van der Waals surface area contributed by atoms with Gasteiger partial charge in [0.05, 0.1) is 6.04 Å². The van der Waals surface area contributed by atoms with Gasteiger partial charge >= 0.3 is 6.03 Å². The Balaban J connectivity index is 2.62. The van der Waals surface area contributed by atoms with Gasteiger partial charge < -0.3 is 15.0 Å². The van der Waals surface area contributed by atoms with Crippen molar-refractivity contribution in [1.29, 1.82) is 0 Å². The number of nitrogens with one attached hydrogen (secondary N) is 1. The second-order valence-corrected chi connectivity index (χ2v) is 5.85. The van der Waals surface area contributed by atoms with E-state index >= 15 is 0 Å². The number of ether oxygens (including phenoxy) is 1. The first-order chi connectivity index (χ1) is 12.4. The van der Waals surface area contributed by atoms with E-state index in [0.717, 1.165) is 6.07 Å². The van der Waals surface area contributed by atoms with Gasteiger partial charge in [-0.05, 0) is 18.9 Å². The average molecular weight is 370 g/mol. The molecule has 6 nitrogen and oxygen atoms in total. The van der Waals surface area contributed by atoms with Crippen LogP contribution in [0.2, 0.25) is 0 Å². The molecule has 0 saturated heterocycles. The third kappa shape index (κ3) is 6.78. The Hall–Kier alpha value is -2.51. The molecule has 8 heteroatoms. The summed E-state index contributed by atoms with van der Waals surface area (Å²) in [4.78, 5) is 35.4. The highest BCUT2D eigenvalue weighted by Gasteiger charge is 2.21. The maximum absolute atomic E-state index is 13.6. The van der Waals surface area contributed by atoms with E-state index in [2.05, 4.69) is 5.32 Å². The van der Waals surface area contributed by atoms with Gasteiger partial charge in [-0.15, -0.1) is 0 Å². The highest BCUT2D eigenvalue weighted by Crippen LogP contribution is 2.12. The van der Waals surface area contributed by atoms with Crippen molar-refractivity contribution in [2.24, 2.45) is 0 Å². The molecule has 0 radical (unpaired) electrons. The van der Waals surface area contributed by atoms with Gasteiger partial charge in [0.1, 0.15) is 12.4 Å². The Morgan fingerprint density at radius 2 is 2.08 bits per heavy atom. The highest BCUT2D eigenvalue weighted by atomic mass is 19.2. The summed E-state index contributed by atoms with van der Waals surface area (Å²) in [6.07, 6.45) is 1.86. The van der Waals surface area contributed by atoms with Gasteiger partial charge in [-0.25, -0.2) is 13.6 Å². The highest BCUT2D eigenvalue weighted by molar-refractivity contribution is 5.78. The van der Waals surface area contributed by atoms with Gasteiger partial charge in [-0.2, -0.15) is 0 Å². The fourth-order valence-corrected chi connectivity index (χ4v) is 2.40. The number of benzene rings is 1. The molecule has 1 unspecified atom stereocenters. The topological polar surface area (TPSA) is 75.7 Å². The summed E-state index contributed by atoms with van der Waals surface area (Å²) in [5.74, 6) is -1.87. The molecule has 0 aliphatic carbocycles. The van der Waals surface area contributed by atoms with Crippen molar-refractivity contribution in [2.75, 3.05) is 13.7 Å². The number of hydrogen-bond donors (Lipinski definition) is 1. The first-order valence-electron chi connectivity index (χ1n) is 8.41. The van der Waals surface area contributed by atoms with Crippen molar-refractivity contribution in [3.8, 4) is 0 Å². The van der Waals surface area contributed by atoms with Gasteiger partial charge in [0.2, 0.25) is 0 Å². The number of halogens is 2. The predicted molar refractivity (Wildman–Crippen MR) is 91.3 cm³/mol. The Morgan fingerprint density at radius 1 is 1.35 bits per heavy atom. The van der Waals surface area contributed by atoms with E-state index in [9.17, 15) is 23.2 Å². The molecule has 1 atom stereocenters. The molecule has 0 heterocycles. The van der Waals surface area contributed by atoms with Crippen LogP contribution in [0.25, 0.3) is 0 Å². The van der Waals surface area contributed by atoms with Gasteiger partial charge in [0.15, 0.2) is 11.6 Å². The third-order valence-electron chi connectivity index (χ3n) is 4.07. The zero-order valence-corrected chi connectivity index (χ0v) is 15.0. The summed E-state index contributed by atoms with van der Waals surface area (Å²) in [6, 6.07) is 2.78. The molecule has 26 heavy (non-hydrogen) atoms. The van der Waals surface area contributed by atoms with Crippen LogP contribution in [0.1, 0.15) is 38.2 Å². The Morgan fingerprint density at radius 3 is 2.73 bits per heavy atom. The van der Waals surface area contributed by atoms with E-state index in [1.807, 2.05) is 0 Å². The van der Waals surface area contributed by atoms with Crippen LogP contribution in [-0.4, -0.2) is 42.9 Å². The second kappa shape index (κ2) is 11.2. The lowest BCUT2D eigenvalue weighted by atomic mass is 10.1. The van der Waals surface area contributed by atoms with Crippen molar-refractivity contribution in [3.63, 3.8) is 0 Å². The van der Waals surface area contributed by atoms with E-state index in [-0.39, 0.29) is 31.0 Å². The van der Waals surface area contributed by atoms with Crippen LogP contribution in [0.5, 0.6) is 0 Å². The molecule has 144 valence electrons. The molecule has 0 fully saturated rings. The molecule has 1 rings (SSSR count). The number of rotatable bonds is 11. The van der Waals surface area contributed by atoms with Gasteiger partial charge in [0, 0.05) is 32.0 Å². The summed E-state index contributed by atoms with van der Waals surface area (Å²) in [5, 5.41) is 2.50.